The van der Waals surface area contributed by atoms with Crippen molar-refractivity contribution in [1.29, 1.82) is 0 Å². The maximum atomic E-state index is 6.28. The van der Waals surface area contributed by atoms with Gasteiger partial charge in [-0.3, -0.25) is 9.47 Å². The van der Waals surface area contributed by atoms with E-state index in [1.54, 1.807) is 7.11 Å². The maximum Gasteiger partial charge on any atom is 0.231 e. The Balaban J connectivity index is 1.22. The number of aromatic nitrogens is 4. The molecule has 0 saturated carbocycles. The molecular weight excluding hydrogens is 414 g/mol. The van der Waals surface area contributed by atoms with Gasteiger partial charge in [0.1, 0.15) is 5.82 Å². The van der Waals surface area contributed by atoms with Crippen LogP contribution in [0.5, 0.6) is 5.88 Å². The van der Waals surface area contributed by atoms with E-state index in [4.69, 9.17) is 16.3 Å². The van der Waals surface area contributed by atoms with Gasteiger partial charge in [0.15, 0.2) is 5.82 Å². The lowest BCUT2D eigenvalue weighted by Crippen LogP contribution is -2.73. The minimum absolute atomic E-state index is 0.293. The molecule has 0 radical (unpaired) electrons. The summed E-state index contributed by atoms with van der Waals surface area (Å²) in [7, 11) is 3.75. The second-order valence-corrected chi connectivity index (χ2v) is 9.38. The third-order valence-electron chi connectivity index (χ3n) is 6.48. The molecule has 8 nitrogen and oxygen atoms in total. The van der Waals surface area contributed by atoms with E-state index in [1.807, 2.05) is 24.3 Å². The summed E-state index contributed by atoms with van der Waals surface area (Å²) in [5.74, 6) is 3.53. The van der Waals surface area contributed by atoms with Crippen molar-refractivity contribution < 1.29 is 4.74 Å². The summed E-state index contributed by atoms with van der Waals surface area (Å²) in [6, 6.07) is 12.0. The minimum atomic E-state index is 0.293. The number of benzene rings is 1. The molecular formula is C22H24ClN7O. The van der Waals surface area contributed by atoms with Crippen LogP contribution in [0.15, 0.2) is 36.4 Å². The lowest BCUT2D eigenvalue weighted by molar-refractivity contribution is 0.153. The van der Waals surface area contributed by atoms with Crippen LogP contribution in [-0.2, 0) is 13.1 Å². The van der Waals surface area contributed by atoms with Crippen molar-refractivity contribution in [3.05, 3.63) is 52.8 Å². The van der Waals surface area contributed by atoms with Crippen molar-refractivity contribution in [3.63, 3.8) is 0 Å². The van der Waals surface area contributed by atoms with Crippen molar-refractivity contribution >= 4 is 23.4 Å². The van der Waals surface area contributed by atoms with Crippen molar-refractivity contribution in [2.75, 3.05) is 50.1 Å². The number of halogens is 1. The normalized spacial score (nSPS) is 19.3. The predicted molar refractivity (Wildman–Crippen MR) is 119 cm³/mol. The van der Waals surface area contributed by atoms with Gasteiger partial charge in [-0.2, -0.15) is 4.98 Å². The van der Waals surface area contributed by atoms with E-state index in [0.29, 0.717) is 11.3 Å². The third-order valence-corrected chi connectivity index (χ3v) is 6.71. The zero-order chi connectivity index (χ0) is 21.2. The van der Waals surface area contributed by atoms with Gasteiger partial charge in [0.2, 0.25) is 11.8 Å². The van der Waals surface area contributed by atoms with Crippen molar-refractivity contribution in [2.45, 2.75) is 13.1 Å². The number of pyridine rings is 1. The third kappa shape index (κ3) is 3.04. The monoisotopic (exact) mass is 437 g/mol. The molecule has 2 fully saturated rings. The largest absolute Gasteiger partial charge is 0.481 e. The summed E-state index contributed by atoms with van der Waals surface area (Å²) >= 11 is 6.28. The van der Waals surface area contributed by atoms with Gasteiger partial charge in [0.05, 0.1) is 19.3 Å². The van der Waals surface area contributed by atoms with Gasteiger partial charge in [-0.05, 0) is 36.9 Å². The first kappa shape index (κ1) is 18.9. The fourth-order valence-electron chi connectivity index (χ4n) is 5.07. The molecule has 5 heterocycles. The van der Waals surface area contributed by atoms with Gasteiger partial charge < -0.3 is 14.5 Å². The Morgan fingerprint density at radius 2 is 1.81 bits per heavy atom. The van der Waals surface area contributed by atoms with E-state index in [-0.39, 0.29) is 0 Å². The van der Waals surface area contributed by atoms with Crippen LogP contribution in [0.2, 0.25) is 5.02 Å². The van der Waals surface area contributed by atoms with Crippen LogP contribution in [0.25, 0.3) is 5.69 Å². The fourth-order valence-corrected chi connectivity index (χ4v) is 5.27. The highest BCUT2D eigenvalue weighted by Crippen LogP contribution is 2.44. The standard InChI is InChI=1S/C22H24ClN7O/c1-27-9-15-8-16(23)6-7-17(15)30-19(10-27)25-26-21(30)29-13-22(14-29)11-28(12-22)18-4-3-5-20(24-18)31-2/h3-8H,9-14H2,1-2H3. The molecule has 3 aromatic rings. The molecule has 0 amide bonds. The summed E-state index contributed by atoms with van der Waals surface area (Å²) in [6.07, 6.45) is 0. The molecule has 0 aliphatic carbocycles. The van der Waals surface area contributed by atoms with Crippen molar-refractivity contribution in [3.8, 4) is 11.6 Å². The molecule has 0 N–H and O–H groups in total. The average molecular weight is 438 g/mol. The lowest BCUT2D eigenvalue weighted by atomic mass is 9.73. The van der Waals surface area contributed by atoms with Crippen LogP contribution >= 0.6 is 11.6 Å². The van der Waals surface area contributed by atoms with Gasteiger partial charge in [-0.25, -0.2) is 0 Å². The molecule has 160 valence electrons. The fraction of sp³-hybridized carbons (Fsp3) is 0.409. The van der Waals surface area contributed by atoms with Gasteiger partial charge in [-0.15, -0.1) is 10.2 Å². The highest BCUT2D eigenvalue weighted by Gasteiger charge is 2.53. The first-order valence-corrected chi connectivity index (χ1v) is 10.8. The molecule has 0 atom stereocenters. The van der Waals surface area contributed by atoms with Crippen LogP contribution in [0.4, 0.5) is 11.8 Å². The number of anilines is 2. The van der Waals surface area contributed by atoms with E-state index in [0.717, 1.165) is 67.6 Å². The molecule has 9 heteroatoms. The quantitative estimate of drug-likeness (QED) is 0.624. The highest BCUT2D eigenvalue weighted by molar-refractivity contribution is 6.30. The minimum Gasteiger partial charge on any atom is -0.481 e. The number of nitrogens with zero attached hydrogens (tertiary/aromatic N) is 7. The Labute approximate surface area is 186 Å². The molecule has 3 aliphatic heterocycles. The number of hydrogen-bond acceptors (Lipinski definition) is 7. The van der Waals surface area contributed by atoms with Crippen LogP contribution in [0.1, 0.15) is 11.4 Å². The summed E-state index contributed by atoms with van der Waals surface area (Å²) < 4.78 is 7.47. The predicted octanol–water partition coefficient (Wildman–Crippen LogP) is 2.60. The molecule has 2 aromatic heterocycles. The van der Waals surface area contributed by atoms with Crippen molar-refractivity contribution in [2.24, 2.45) is 5.41 Å². The Kier molecular flexibility index (Phi) is 4.16. The van der Waals surface area contributed by atoms with Gasteiger partial charge in [0, 0.05) is 49.2 Å². The summed E-state index contributed by atoms with van der Waals surface area (Å²) in [6.45, 7) is 5.55. The molecule has 0 bridgehead atoms. The smallest absolute Gasteiger partial charge is 0.231 e. The average Bonchev–Trinajstić information content (AvgIpc) is 3.03. The topological polar surface area (TPSA) is 62.6 Å². The first-order valence-electron chi connectivity index (χ1n) is 10.5. The van der Waals surface area contributed by atoms with Gasteiger partial charge >= 0.3 is 0 Å². The Bertz CT molecular complexity index is 1150. The van der Waals surface area contributed by atoms with E-state index < -0.39 is 0 Å². The second-order valence-electron chi connectivity index (χ2n) is 8.95. The number of rotatable bonds is 3. The van der Waals surface area contributed by atoms with Gasteiger partial charge in [-0.1, -0.05) is 17.7 Å². The summed E-state index contributed by atoms with van der Waals surface area (Å²) in [5.41, 5.74) is 2.62. The molecule has 6 rings (SSSR count). The van der Waals surface area contributed by atoms with Crippen LogP contribution in [0.3, 0.4) is 0 Å². The second kappa shape index (κ2) is 6.83. The lowest BCUT2D eigenvalue weighted by Gasteiger charge is -2.60. The molecule has 2 saturated heterocycles. The highest BCUT2D eigenvalue weighted by atomic mass is 35.5. The van der Waals surface area contributed by atoms with E-state index in [2.05, 4.69) is 53.6 Å². The van der Waals surface area contributed by atoms with Crippen LogP contribution in [-0.4, -0.2) is 65.0 Å². The Morgan fingerprint density at radius 3 is 2.61 bits per heavy atom. The zero-order valence-corrected chi connectivity index (χ0v) is 18.4. The van der Waals surface area contributed by atoms with Gasteiger partial charge in [0.25, 0.3) is 0 Å². The van der Waals surface area contributed by atoms with Crippen LogP contribution in [0, 0.1) is 5.41 Å². The number of ether oxygens (including phenoxy) is 1. The summed E-state index contributed by atoms with van der Waals surface area (Å²) in [5, 5.41) is 9.86. The number of fused-ring (bicyclic) bond motifs is 3. The SMILES string of the molecule is COc1cccc(N2CC3(C2)CN(c2nnc4n2-c2ccc(Cl)cc2CN(C)C4)C3)n1. The summed E-state index contributed by atoms with van der Waals surface area (Å²) in [4.78, 5) is 11.5. The van der Waals surface area contributed by atoms with E-state index in [1.165, 1.54) is 5.56 Å². The Hall–Kier alpha value is -2.84. The first-order chi connectivity index (χ1) is 15.0. The van der Waals surface area contributed by atoms with E-state index in [9.17, 15) is 0 Å². The van der Waals surface area contributed by atoms with E-state index >= 15 is 0 Å². The maximum absolute atomic E-state index is 6.28. The molecule has 31 heavy (non-hydrogen) atoms. The van der Waals surface area contributed by atoms with Crippen molar-refractivity contribution in [1.82, 2.24) is 24.6 Å². The zero-order valence-electron chi connectivity index (χ0n) is 17.6. The number of methoxy groups -OCH3 is 1. The molecule has 1 spiro atoms. The number of hydrogen-bond donors (Lipinski definition) is 0. The molecule has 3 aliphatic rings. The molecule has 0 unspecified atom stereocenters. The van der Waals surface area contributed by atoms with Crippen LogP contribution < -0.4 is 14.5 Å². The molecule has 1 aromatic carbocycles. The Morgan fingerprint density at radius 1 is 1.00 bits per heavy atom.